The quantitative estimate of drug-likeness (QED) is 0.658. The Morgan fingerprint density at radius 1 is 0.882 bits per heavy atom. The van der Waals surface area contributed by atoms with E-state index in [0.717, 1.165) is 48.4 Å². The molecule has 182 valence electrons. The van der Waals surface area contributed by atoms with Crippen LogP contribution in [0.25, 0.3) is 0 Å². The lowest BCUT2D eigenvalue weighted by atomic mass is 9.95. The van der Waals surface area contributed by atoms with Crippen LogP contribution in [0.4, 0.5) is 0 Å². The maximum Gasteiger partial charge on any atom is 0.243 e. The van der Waals surface area contributed by atoms with Gasteiger partial charge >= 0.3 is 0 Å². The van der Waals surface area contributed by atoms with E-state index in [9.17, 15) is 13.2 Å². The van der Waals surface area contributed by atoms with Gasteiger partial charge in [0.2, 0.25) is 15.9 Å². The Kier molecular flexibility index (Phi) is 6.53. The summed E-state index contributed by atoms with van der Waals surface area (Å²) in [5.74, 6) is 1.51. The van der Waals surface area contributed by atoms with Crippen molar-refractivity contribution in [2.75, 3.05) is 32.8 Å². The molecule has 8 heteroatoms. The van der Waals surface area contributed by atoms with Crippen LogP contribution in [0.3, 0.4) is 0 Å². The second-order valence-electron chi connectivity index (χ2n) is 9.44. The molecule has 2 aromatic carbocycles. The number of likely N-dealkylation sites (tertiary alicyclic amines) is 1. The fraction of sp³-hybridized carbons (Fsp3) is 0.500. The number of fused-ring (bicyclic) bond motifs is 1. The zero-order chi connectivity index (χ0) is 23.7. The number of piperidine rings is 1. The molecule has 1 atom stereocenters. The van der Waals surface area contributed by atoms with E-state index in [2.05, 4.69) is 0 Å². The SMILES string of the molecule is Cc1ccc(S(=O)(=O)N2CCC(C(=O)N3CCCC3c3ccc4c(c3)OCCCO4)CC2)cc1. The van der Waals surface area contributed by atoms with E-state index >= 15 is 0 Å². The molecule has 3 aliphatic rings. The predicted octanol–water partition coefficient (Wildman–Crippen LogP) is 3.92. The lowest BCUT2D eigenvalue weighted by Crippen LogP contribution is -2.44. The summed E-state index contributed by atoms with van der Waals surface area (Å²) in [7, 11) is -3.53. The minimum Gasteiger partial charge on any atom is -0.490 e. The van der Waals surface area contributed by atoms with Crippen molar-refractivity contribution in [3.05, 3.63) is 53.6 Å². The summed E-state index contributed by atoms with van der Waals surface area (Å²) < 4.78 is 39.2. The molecular formula is C26H32N2O5S. The minimum atomic E-state index is -3.53. The van der Waals surface area contributed by atoms with Crippen molar-refractivity contribution in [2.45, 2.75) is 50.0 Å². The largest absolute Gasteiger partial charge is 0.490 e. The normalized spacial score (nSPS) is 21.9. The molecule has 3 aliphatic heterocycles. The Labute approximate surface area is 201 Å². The van der Waals surface area contributed by atoms with Crippen LogP contribution in [0.1, 0.15) is 49.3 Å². The van der Waals surface area contributed by atoms with Crippen molar-refractivity contribution in [3.8, 4) is 11.5 Å². The minimum absolute atomic E-state index is 0.0268. The van der Waals surface area contributed by atoms with E-state index in [1.165, 1.54) is 4.31 Å². The zero-order valence-electron chi connectivity index (χ0n) is 19.6. The van der Waals surface area contributed by atoms with Crippen LogP contribution < -0.4 is 9.47 Å². The Balaban J connectivity index is 1.25. The average Bonchev–Trinajstić information content (AvgIpc) is 3.22. The number of ether oxygens (including phenoxy) is 2. The summed E-state index contributed by atoms with van der Waals surface area (Å²) in [4.78, 5) is 15.8. The smallest absolute Gasteiger partial charge is 0.243 e. The summed E-state index contributed by atoms with van der Waals surface area (Å²) in [6.45, 7) is 4.70. The number of nitrogens with zero attached hydrogens (tertiary/aromatic N) is 2. The van der Waals surface area contributed by atoms with Gasteiger partial charge in [-0.1, -0.05) is 23.8 Å². The summed E-state index contributed by atoms with van der Waals surface area (Å²) in [5.41, 5.74) is 2.10. The molecular weight excluding hydrogens is 452 g/mol. The number of carbonyl (C=O) groups excluding carboxylic acids is 1. The van der Waals surface area contributed by atoms with Crippen molar-refractivity contribution in [1.82, 2.24) is 9.21 Å². The van der Waals surface area contributed by atoms with E-state index in [0.29, 0.717) is 44.0 Å². The summed E-state index contributed by atoms with van der Waals surface area (Å²) in [5, 5.41) is 0. The molecule has 1 amide bonds. The zero-order valence-corrected chi connectivity index (χ0v) is 20.4. The van der Waals surface area contributed by atoms with Gasteiger partial charge in [-0.2, -0.15) is 4.31 Å². The van der Waals surface area contributed by atoms with E-state index in [1.54, 1.807) is 12.1 Å². The monoisotopic (exact) mass is 484 g/mol. The van der Waals surface area contributed by atoms with E-state index < -0.39 is 10.0 Å². The molecule has 1 unspecified atom stereocenters. The van der Waals surface area contributed by atoms with Crippen molar-refractivity contribution in [3.63, 3.8) is 0 Å². The van der Waals surface area contributed by atoms with Gasteiger partial charge in [0.25, 0.3) is 0 Å². The predicted molar refractivity (Wildman–Crippen MR) is 128 cm³/mol. The van der Waals surface area contributed by atoms with Crippen LogP contribution in [0.15, 0.2) is 47.4 Å². The molecule has 5 rings (SSSR count). The number of benzene rings is 2. The van der Waals surface area contributed by atoms with Crippen molar-refractivity contribution >= 4 is 15.9 Å². The van der Waals surface area contributed by atoms with E-state index in [1.807, 2.05) is 42.2 Å². The first kappa shape index (κ1) is 23.2. The highest BCUT2D eigenvalue weighted by Crippen LogP contribution is 2.39. The third-order valence-corrected chi connectivity index (χ3v) is 9.07. The molecule has 0 N–H and O–H groups in total. The van der Waals surface area contributed by atoms with E-state index in [4.69, 9.17) is 9.47 Å². The van der Waals surface area contributed by atoms with E-state index in [-0.39, 0.29) is 17.9 Å². The van der Waals surface area contributed by atoms with Crippen LogP contribution in [-0.4, -0.2) is 56.4 Å². The average molecular weight is 485 g/mol. The molecule has 2 saturated heterocycles. The van der Waals surface area contributed by atoms with Crippen LogP contribution in [0.2, 0.25) is 0 Å². The lowest BCUT2D eigenvalue weighted by molar-refractivity contribution is -0.137. The molecule has 0 bridgehead atoms. The van der Waals surface area contributed by atoms with Gasteiger partial charge in [-0.15, -0.1) is 0 Å². The summed E-state index contributed by atoms with van der Waals surface area (Å²) in [6.07, 6.45) is 3.84. The third-order valence-electron chi connectivity index (χ3n) is 7.15. The van der Waals surface area contributed by atoms with Crippen LogP contribution in [0, 0.1) is 12.8 Å². The molecule has 2 fully saturated rings. The number of rotatable bonds is 4. The maximum atomic E-state index is 13.5. The van der Waals surface area contributed by atoms with Gasteiger partial charge in [-0.25, -0.2) is 8.42 Å². The second-order valence-corrected chi connectivity index (χ2v) is 11.4. The Bertz CT molecular complexity index is 1140. The number of carbonyl (C=O) groups is 1. The molecule has 3 heterocycles. The molecule has 0 radical (unpaired) electrons. The molecule has 0 spiro atoms. The molecule has 2 aromatic rings. The fourth-order valence-electron chi connectivity index (χ4n) is 5.20. The summed E-state index contributed by atoms with van der Waals surface area (Å²) in [6, 6.07) is 13.0. The van der Waals surface area contributed by atoms with Crippen LogP contribution in [-0.2, 0) is 14.8 Å². The Morgan fingerprint density at radius 2 is 1.59 bits per heavy atom. The van der Waals surface area contributed by atoms with Gasteiger partial charge < -0.3 is 14.4 Å². The highest BCUT2D eigenvalue weighted by molar-refractivity contribution is 7.89. The molecule has 0 saturated carbocycles. The van der Waals surface area contributed by atoms with Gasteiger partial charge in [0.05, 0.1) is 24.2 Å². The van der Waals surface area contributed by atoms with Crippen molar-refractivity contribution in [2.24, 2.45) is 5.92 Å². The lowest BCUT2D eigenvalue weighted by Gasteiger charge is -2.34. The number of sulfonamides is 1. The third kappa shape index (κ3) is 4.53. The molecule has 7 nitrogen and oxygen atoms in total. The number of hydrogen-bond acceptors (Lipinski definition) is 5. The van der Waals surface area contributed by atoms with Crippen molar-refractivity contribution < 1.29 is 22.7 Å². The van der Waals surface area contributed by atoms with Gasteiger partial charge in [0.15, 0.2) is 11.5 Å². The molecule has 34 heavy (non-hydrogen) atoms. The number of amides is 1. The second kappa shape index (κ2) is 9.58. The first-order chi connectivity index (χ1) is 16.4. The van der Waals surface area contributed by atoms with Gasteiger partial charge in [-0.3, -0.25) is 4.79 Å². The first-order valence-corrected chi connectivity index (χ1v) is 13.6. The first-order valence-electron chi connectivity index (χ1n) is 12.2. The van der Waals surface area contributed by atoms with Crippen molar-refractivity contribution in [1.29, 1.82) is 0 Å². The summed E-state index contributed by atoms with van der Waals surface area (Å²) >= 11 is 0. The molecule has 0 aliphatic carbocycles. The fourth-order valence-corrected chi connectivity index (χ4v) is 6.67. The maximum absolute atomic E-state index is 13.5. The Hall–Kier alpha value is -2.58. The highest BCUT2D eigenvalue weighted by Gasteiger charge is 2.38. The highest BCUT2D eigenvalue weighted by atomic mass is 32.2. The number of hydrogen-bond donors (Lipinski definition) is 0. The standard InChI is InChI=1S/C26H32N2O5S/c1-19-5-8-22(9-6-19)34(30,31)27-14-11-20(12-15-27)26(29)28-13-2-4-23(28)21-7-10-24-25(18-21)33-17-3-16-32-24/h5-10,18,20,23H,2-4,11-17H2,1H3. The topological polar surface area (TPSA) is 76.2 Å². The van der Waals surface area contributed by atoms with Crippen LogP contribution in [0.5, 0.6) is 11.5 Å². The van der Waals surface area contributed by atoms with Gasteiger partial charge in [0, 0.05) is 32.0 Å². The van der Waals surface area contributed by atoms with Crippen LogP contribution >= 0.6 is 0 Å². The molecule has 0 aromatic heterocycles. The Morgan fingerprint density at radius 3 is 2.32 bits per heavy atom. The number of aryl methyl sites for hydroxylation is 1. The van der Waals surface area contributed by atoms with Gasteiger partial charge in [-0.05, 0) is 62.4 Å². The van der Waals surface area contributed by atoms with Gasteiger partial charge in [0.1, 0.15) is 0 Å².